The fraction of sp³-hybridized carbons (Fsp3) is 0.231. The summed E-state index contributed by atoms with van der Waals surface area (Å²) in [5, 5.41) is 21.5. The van der Waals surface area contributed by atoms with Gasteiger partial charge in [0.15, 0.2) is 0 Å². The fourth-order valence-electron chi connectivity index (χ4n) is 1.89. The first-order valence-electron chi connectivity index (χ1n) is 5.22. The van der Waals surface area contributed by atoms with Crippen LogP contribution in [0.1, 0.15) is 22.3 Å². The molecule has 0 spiro atoms. The predicted molar refractivity (Wildman–Crippen MR) is 63.3 cm³/mol. The Labute approximate surface area is 94.7 Å². The van der Waals surface area contributed by atoms with Gasteiger partial charge in [0.25, 0.3) is 0 Å². The maximum absolute atomic E-state index is 9.22. The first-order chi connectivity index (χ1) is 7.74. The number of nitrogens with one attached hydrogen (secondary N) is 1. The molecule has 1 aromatic rings. The van der Waals surface area contributed by atoms with E-state index in [4.69, 9.17) is 0 Å². The summed E-state index contributed by atoms with van der Waals surface area (Å²) in [5.74, 6) is 0. The van der Waals surface area contributed by atoms with Crippen LogP contribution in [0.3, 0.4) is 0 Å². The zero-order valence-corrected chi connectivity index (χ0v) is 9.03. The Kier molecular flexibility index (Phi) is 3.08. The first-order valence-corrected chi connectivity index (χ1v) is 5.22. The number of hydrogen-bond acceptors (Lipinski definition) is 3. The molecule has 1 aliphatic rings. The van der Waals surface area contributed by atoms with Crippen molar-refractivity contribution in [3.8, 4) is 0 Å². The van der Waals surface area contributed by atoms with Crippen LogP contribution in [-0.4, -0.2) is 10.2 Å². The summed E-state index contributed by atoms with van der Waals surface area (Å²) < 4.78 is 0. The van der Waals surface area contributed by atoms with Crippen LogP contribution in [0.5, 0.6) is 0 Å². The van der Waals surface area contributed by atoms with Crippen LogP contribution in [0.4, 0.5) is 0 Å². The van der Waals surface area contributed by atoms with E-state index < -0.39 is 0 Å². The van der Waals surface area contributed by atoms with E-state index in [1.54, 1.807) is 0 Å². The third-order valence-electron chi connectivity index (χ3n) is 2.76. The molecule has 0 aromatic heterocycles. The summed E-state index contributed by atoms with van der Waals surface area (Å²) in [7, 11) is 0. The number of allylic oxidation sites excluding steroid dienone is 1. The molecule has 0 aliphatic carbocycles. The minimum atomic E-state index is -0.0502. The molecular formula is C13H15NO2. The summed E-state index contributed by atoms with van der Waals surface area (Å²) in [5.41, 5.74) is 4.67. The average molecular weight is 217 g/mol. The van der Waals surface area contributed by atoms with Gasteiger partial charge in [-0.2, -0.15) is 0 Å². The van der Waals surface area contributed by atoms with Gasteiger partial charge in [-0.05, 0) is 34.4 Å². The van der Waals surface area contributed by atoms with Gasteiger partial charge in [0.1, 0.15) is 0 Å². The Hall–Kier alpha value is -1.58. The topological polar surface area (TPSA) is 52.5 Å². The van der Waals surface area contributed by atoms with Gasteiger partial charge in [0.05, 0.1) is 13.2 Å². The summed E-state index contributed by atoms with van der Waals surface area (Å²) in [6.45, 7) is 3.80. The minimum Gasteiger partial charge on any atom is -0.392 e. The molecule has 1 heterocycles. The van der Waals surface area contributed by atoms with E-state index in [1.807, 2.05) is 24.4 Å². The largest absolute Gasteiger partial charge is 0.392 e. The van der Waals surface area contributed by atoms with Gasteiger partial charge in [-0.15, -0.1) is 0 Å². The van der Waals surface area contributed by atoms with E-state index in [2.05, 4.69) is 11.9 Å². The molecule has 3 nitrogen and oxygen atoms in total. The molecule has 3 N–H and O–H groups in total. The molecule has 3 heteroatoms. The molecule has 0 radical (unpaired) electrons. The van der Waals surface area contributed by atoms with Crippen molar-refractivity contribution in [2.75, 3.05) is 0 Å². The fourth-order valence-corrected chi connectivity index (χ4v) is 1.89. The Morgan fingerprint density at radius 1 is 1.19 bits per heavy atom. The van der Waals surface area contributed by atoms with Crippen molar-refractivity contribution >= 4 is 6.08 Å². The molecule has 16 heavy (non-hydrogen) atoms. The summed E-state index contributed by atoms with van der Waals surface area (Å²) in [6, 6.07) is 3.85. The Bertz CT molecular complexity index is 449. The van der Waals surface area contributed by atoms with Crippen LogP contribution in [-0.2, 0) is 19.6 Å². The highest BCUT2D eigenvalue weighted by Crippen LogP contribution is 2.22. The van der Waals surface area contributed by atoms with Crippen LogP contribution < -0.4 is 5.32 Å². The second kappa shape index (κ2) is 4.51. The highest BCUT2D eigenvalue weighted by Gasteiger charge is 2.10. The van der Waals surface area contributed by atoms with Crippen molar-refractivity contribution in [1.29, 1.82) is 0 Å². The third kappa shape index (κ3) is 2.01. The number of hydrogen-bond donors (Lipinski definition) is 3. The molecule has 1 aliphatic heterocycles. The van der Waals surface area contributed by atoms with Crippen molar-refractivity contribution < 1.29 is 10.2 Å². The Morgan fingerprint density at radius 2 is 1.88 bits per heavy atom. The molecule has 0 bridgehead atoms. The monoisotopic (exact) mass is 217 g/mol. The first kappa shape index (κ1) is 10.9. The van der Waals surface area contributed by atoms with E-state index >= 15 is 0 Å². The van der Waals surface area contributed by atoms with Crippen molar-refractivity contribution in [1.82, 2.24) is 5.32 Å². The molecule has 0 amide bonds. The molecule has 0 fully saturated rings. The van der Waals surface area contributed by atoms with Crippen LogP contribution in [0, 0.1) is 0 Å². The summed E-state index contributed by atoms with van der Waals surface area (Å²) >= 11 is 0. The van der Waals surface area contributed by atoms with Crippen LogP contribution >= 0.6 is 0 Å². The average Bonchev–Trinajstić information content (AvgIpc) is 2.47. The SMILES string of the molecule is C=C1Cc2cc(CO)c(CO)cc2C=CN1. The quantitative estimate of drug-likeness (QED) is 0.700. The predicted octanol–water partition coefficient (Wildman–Crippen LogP) is 1.30. The molecule has 0 saturated heterocycles. The highest BCUT2D eigenvalue weighted by molar-refractivity contribution is 5.58. The molecule has 0 saturated carbocycles. The van der Waals surface area contributed by atoms with Crippen molar-refractivity contribution in [3.05, 3.63) is 52.9 Å². The van der Waals surface area contributed by atoms with E-state index in [0.717, 1.165) is 34.4 Å². The highest BCUT2D eigenvalue weighted by atomic mass is 16.3. The second-order valence-electron chi connectivity index (χ2n) is 3.89. The molecular weight excluding hydrogens is 202 g/mol. The van der Waals surface area contributed by atoms with Gasteiger partial charge >= 0.3 is 0 Å². The van der Waals surface area contributed by atoms with Gasteiger partial charge in [0.2, 0.25) is 0 Å². The molecule has 2 rings (SSSR count). The Morgan fingerprint density at radius 3 is 2.56 bits per heavy atom. The lowest BCUT2D eigenvalue weighted by Gasteiger charge is -2.11. The summed E-state index contributed by atoms with van der Waals surface area (Å²) in [6.07, 6.45) is 4.53. The lowest BCUT2D eigenvalue weighted by atomic mass is 9.97. The number of aliphatic hydroxyl groups excluding tert-OH is 2. The number of fused-ring (bicyclic) bond motifs is 1. The van der Waals surface area contributed by atoms with Gasteiger partial charge in [0, 0.05) is 18.3 Å². The summed E-state index contributed by atoms with van der Waals surface area (Å²) in [4.78, 5) is 0. The smallest absolute Gasteiger partial charge is 0.0685 e. The van der Waals surface area contributed by atoms with Crippen molar-refractivity contribution in [2.45, 2.75) is 19.6 Å². The standard InChI is InChI=1S/C13H15NO2/c1-9-4-11-6-13(8-16)12(7-15)5-10(11)2-3-14-9/h2-3,5-6,14-16H,1,4,7-8H2. The van der Waals surface area contributed by atoms with Gasteiger partial charge in [-0.25, -0.2) is 0 Å². The lowest BCUT2D eigenvalue weighted by molar-refractivity contribution is 0.260. The number of aliphatic hydroxyl groups is 2. The molecule has 1 aromatic carbocycles. The lowest BCUT2D eigenvalue weighted by Crippen LogP contribution is -2.05. The van der Waals surface area contributed by atoms with Gasteiger partial charge < -0.3 is 15.5 Å². The van der Waals surface area contributed by atoms with E-state index in [9.17, 15) is 10.2 Å². The number of benzene rings is 1. The molecule has 0 atom stereocenters. The van der Waals surface area contributed by atoms with E-state index in [1.165, 1.54) is 0 Å². The van der Waals surface area contributed by atoms with Crippen molar-refractivity contribution in [2.24, 2.45) is 0 Å². The van der Waals surface area contributed by atoms with Crippen LogP contribution in [0.2, 0.25) is 0 Å². The normalized spacial score (nSPS) is 14.2. The molecule has 0 unspecified atom stereocenters. The van der Waals surface area contributed by atoms with Crippen LogP contribution in [0.15, 0.2) is 30.6 Å². The maximum atomic E-state index is 9.22. The zero-order valence-electron chi connectivity index (χ0n) is 9.03. The van der Waals surface area contributed by atoms with Crippen molar-refractivity contribution in [3.63, 3.8) is 0 Å². The van der Waals surface area contributed by atoms with Gasteiger partial charge in [-0.1, -0.05) is 12.6 Å². The maximum Gasteiger partial charge on any atom is 0.0685 e. The molecule has 84 valence electrons. The number of rotatable bonds is 2. The third-order valence-corrected chi connectivity index (χ3v) is 2.76. The second-order valence-corrected chi connectivity index (χ2v) is 3.89. The Balaban J connectivity index is 2.51. The minimum absolute atomic E-state index is 0.0488. The van der Waals surface area contributed by atoms with E-state index in [-0.39, 0.29) is 13.2 Å². The van der Waals surface area contributed by atoms with E-state index in [0.29, 0.717) is 0 Å². The van der Waals surface area contributed by atoms with Crippen LogP contribution in [0.25, 0.3) is 6.08 Å². The van der Waals surface area contributed by atoms with Gasteiger partial charge in [-0.3, -0.25) is 0 Å². The zero-order chi connectivity index (χ0) is 11.5.